The zero-order chi connectivity index (χ0) is 29.0. The lowest BCUT2D eigenvalue weighted by Crippen LogP contribution is -2.74. The van der Waals surface area contributed by atoms with E-state index in [4.69, 9.17) is 0 Å². The first-order valence-electron chi connectivity index (χ1n) is 14.4. The Morgan fingerprint density at radius 2 is 0.564 bits per heavy atom. The van der Waals surface area contributed by atoms with Gasteiger partial charge in [0.15, 0.2) is 0 Å². The molecule has 2 heteroatoms. The summed E-state index contributed by atoms with van der Waals surface area (Å²) in [5, 5.41) is 1.09. The minimum absolute atomic E-state index is 0.221. The smallest absolute Gasteiger partial charge is 0.108 e. The largest absolute Gasteiger partial charge is 0.195 e. The van der Waals surface area contributed by atoms with Gasteiger partial charge in [0.25, 0.3) is 0 Å². The average Bonchev–Trinajstić information content (AvgIpc) is 2.87. The van der Waals surface area contributed by atoms with Crippen molar-refractivity contribution in [3.05, 3.63) is 119 Å². The molecule has 0 N–H and O–H groups in total. The van der Waals surface area contributed by atoms with Crippen LogP contribution in [0.5, 0.6) is 0 Å². The molecule has 0 fully saturated rings. The third-order valence-electron chi connectivity index (χ3n) is 8.56. The molecule has 0 saturated heterocycles. The molecule has 39 heavy (non-hydrogen) atoms. The Morgan fingerprint density at radius 3 is 0.692 bits per heavy atom. The Hall–Kier alpha value is -2.63. The monoisotopic (exact) mass is 536 g/mol. The Kier molecular flexibility index (Phi) is 9.72. The third kappa shape index (κ3) is 7.32. The van der Waals surface area contributed by atoms with Crippen molar-refractivity contribution in [2.45, 2.75) is 79.5 Å². The Balaban J connectivity index is 0.000000360. The highest BCUT2D eigenvalue weighted by molar-refractivity contribution is 7.60. The van der Waals surface area contributed by atoms with Crippen molar-refractivity contribution < 1.29 is 0 Å². The van der Waals surface area contributed by atoms with Crippen molar-refractivity contribution in [2.24, 2.45) is 0 Å². The highest BCUT2D eigenvalue weighted by Crippen LogP contribution is 2.56. The molecular weight excluding hydrogens is 486 g/mol. The summed E-state index contributed by atoms with van der Waals surface area (Å²) in [6.07, 6.45) is -1.27. The van der Waals surface area contributed by atoms with Crippen molar-refractivity contribution in [3.63, 3.8) is 0 Å². The minimum atomic E-state index is -1.27. The molecule has 0 aliphatic heterocycles. The fourth-order valence-electron chi connectivity index (χ4n) is 5.70. The van der Waals surface area contributed by atoms with Crippen LogP contribution in [-0.2, 0) is 0 Å². The minimum Gasteiger partial charge on any atom is -0.195 e. The van der Waals surface area contributed by atoms with Crippen LogP contribution in [0.3, 0.4) is 0 Å². The van der Waals surface area contributed by atoms with Gasteiger partial charge in [-0.25, -0.2) is 0 Å². The summed E-state index contributed by atoms with van der Waals surface area (Å²) < 4.78 is 0. The van der Waals surface area contributed by atoms with Gasteiger partial charge in [-0.05, 0) is 69.2 Å². The fraction of sp³-hybridized carbons (Fsp3) is 0.351. The molecule has 0 aliphatic rings. The third-order valence-corrected chi connectivity index (χ3v) is 13.1. The predicted molar refractivity (Wildman–Crippen MR) is 183 cm³/mol. The number of benzene rings is 4. The zero-order valence-corrected chi connectivity index (χ0v) is 27.3. The summed E-state index contributed by atoms with van der Waals surface area (Å²) in [6.45, 7) is 25.2. The Bertz CT molecular complexity index is 1120. The zero-order valence-electron chi connectivity index (χ0n) is 26.3. The Morgan fingerprint density at radius 1 is 0.385 bits per heavy atom. The second-order valence-electron chi connectivity index (χ2n) is 13.6. The normalized spacial score (nSPS) is 12.2. The molecule has 0 heterocycles. The van der Waals surface area contributed by atoms with Crippen LogP contribution >= 0.6 is 7.92 Å². The van der Waals surface area contributed by atoms with Gasteiger partial charge in [-0.2, -0.15) is 21.9 Å². The van der Waals surface area contributed by atoms with Gasteiger partial charge in [0.1, 0.15) is 6.15 Å². The molecule has 4 aromatic carbocycles. The lowest BCUT2D eigenvalue weighted by Gasteiger charge is -2.44. The number of hydrogen-bond acceptors (Lipinski definition) is 0. The molecule has 206 valence electrons. The van der Waals surface area contributed by atoms with Gasteiger partial charge in [0, 0.05) is 14.6 Å². The van der Waals surface area contributed by atoms with Gasteiger partial charge in [0.05, 0.1) is 10.3 Å². The van der Waals surface area contributed by atoms with Gasteiger partial charge >= 0.3 is 0 Å². The van der Waals surface area contributed by atoms with Crippen LogP contribution in [0, 0.1) is 27.7 Å². The van der Waals surface area contributed by atoms with E-state index in [0.717, 1.165) is 0 Å². The van der Waals surface area contributed by atoms with Gasteiger partial charge in [-0.3, -0.25) is 0 Å². The highest BCUT2D eigenvalue weighted by atomic mass is 31.1. The van der Waals surface area contributed by atoms with Crippen LogP contribution < -0.4 is 21.9 Å². The number of hydrogen-bond donors (Lipinski definition) is 0. The molecule has 0 amide bonds. The molecule has 4 rings (SSSR count). The summed E-state index contributed by atoms with van der Waals surface area (Å²) in [6, 6.07) is 36.4. The quantitative estimate of drug-likeness (QED) is 0.185. The maximum Gasteiger partial charge on any atom is 0.108 e. The van der Waals surface area contributed by atoms with E-state index in [1.807, 2.05) is 0 Å². The number of rotatable bonds is 4. The fourth-order valence-corrected chi connectivity index (χ4v) is 7.95. The molecular formula is C37H50BP. The lowest BCUT2D eigenvalue weighted by molar-refractivity contribution is 0.711. The Labute approximate surface area is 241 Å². The molecule has 0 aliphatic carbocycles. The van der Waals surface area contributed by atoms with Crippen LogP contribution in [0.4, 0.5) is 0 Å². The van der Waals surface area contributed by atoms with Crippen LogP contribution in [-0.4, -0.2) is 23.1 Å². The first-order valence-corrected chi connectivity index (χ1v) is 16.4. The van der Waals surface area contributed by atoms with E-state index in [1.54, 1.807) is 0 Å². The molecule has 0 saturated carbocycles. The summed E-state index contributed by atoms with van der Waals surface area (Å²) in [7, 11) is -0.221. The standard InChI is InChI=1S/C28H28B.C9H21P/c1-21-5-13-25(14-6-21)29(26-15-7-22(2)8-16-26,27-17-9-23(3)10-18-27)28-19-11-24(4)12-20-28;1-8(2,3)10(7)9(4,5)6/h5-20H,1-4H3;1-7H3/q-1;/p+1. The topological polar surface area (TPSA) is 0 Å². The molecule has 0 aromatic heterocycles. The summed E-state index contributed by atoms with van der Waals surface area (Å²) in [4.78, 5) is 0. The summed E-state index contributed by atoms with van der Waals surface area (Å²) in [5.74, 6) is 0. The van der Waals surface area contributed by atoms with E-state index in [0.29, 0.717) is 10.3 Å². The second kappa shape index (κ2) is 12.3. The SMILES string of the molecule is C[PH+](C(C)(C)C)C(C)(C)C.Cc1ccc([B-](c2ccc(C)cc2)(c2ccc(C)cc2)c2ccc(C)cc2)cc1. The van der Waals surface area contributed by atoms with Crippen molar-refractivity contribution in [1.82, 2.24) is 0 Å². The van der Waals surface area contributed by atoms with Gasteiger partial charge in [-0.15, -0.1) is 0 Å². The van der Waals surface area contributed by atoms with E-state index in [1.165, 1.54) is 44.1 Å². The van der Waals surface area contributed by atoms with Crippen LogP contribution in [0.2, 0.25) is 0 Å². The van der Waals surface area contributed by atoms with Crippen LogP contribution in [0.15, 0.2) is 97.1 Å². The molecule has 0 nitrogen and oxygen atoms in total. The predicted octanol–water partition coefficient (Wildman–Crippen LogP) is 7.73. The summed E-state index contributed by atoms with van der Waals surface area (Å²) in [5.41, 5.74) is 10.6. The molecule has 0 unspecified atom stereocenters. The molecule has 0 radical (unpaired) electrons. The molecule has 0 atom stereocenters. The lowest BCUT2D eigenvalue weighted by atomic mass is 9.13. The van der Waals surface area contributed by atoms with Crippen LogP contribution in [0.1, 0.15) is 63.8 Å². The van der Waals surface area contributed by atoms with E-state index < -0.39 is 6.15 Å². The second-order valence-corrected chi connectivity index (χ2v) is 17.9. The van der Waals surface area contributed by atoms with E-state index in [-0.39, 0.29) is 7.92 Å². The molecule has 4 aromatic rings. The van der Waals surface area contributed by atoms with Crippen molar-refractivity contribution in [2.75, 3.05) is 6.66 Å². The summed E-state index contributed by atoms with van der Waals surface area (Å²) >= 11 is 0. The maximum atomic E-state index is 2.44. The van der Waals surface area contributed by atoms with Gasteiger partial charge in [0.2, 0.25) is 0 Å². The molecule has 0 spiro atoms. The van der Waals surface area contributed by atoms with E-state index in [9.17, 15) is 0 Å². The maximum absolute atomic E-state index is 2.44. The average molecular weight is 537 g/mol. The van der Waals surface area contributed by atoms with Crippen LogP contribution in [0.25, 0.3) is 0 Å². The van der Waals surface area contributed by atoms with Gasteiger partial charge in [-0.1, -0.05) is 119 Å². The van der Waals surface area contributed by atoms with Crippen molar-refractivity contribution >= 4 is 35.9 Å². The first kappa shape index (κ1) is 30.9. The van der Waals surface area contributed by atoms with Crippen molar-refractivity contribution in [1.29, 1.82) is 0 Å². The first-order chi connectivity index (χ1) is 18.2. The number of aryl methyl sites for hydroxylation is 4. The van der Waals surface area contributed by atoms with E-state index in [2.05, 4.69) is 173 Å². The molecule has 0 bridgehead atoms. The van der Waals surface area contributed by atoms with E-state index >= 15 is 0 Å². The van der Waals surface area contributed by atoms with Crippen molar-refractivity contribution in [3.8, 4) is 0 Å². The van der Waals surface area contributed by atoms with Gasteiger partial charge < -0.3 is 0 Å². The highest BCUT2D eigenvalue weighted by Gasteiger charge is 2.37.